The normalized spacial score (nSPS) is 17.5. The summed E-state index contributed by atoms with van der Waals surface area (Å²) < 4.78 is 5.46. The number of nitrogens with zero attached hydrogens (tertiary/aromatic N) is 4. The number of anilines is 4. The van der Waals surface area contributed by atoms with Crippen molar-refractivity contribution in [1.29, 1.82) is 0 Å². The Morgan fingerprint density at radius 1 is 0.967 bits per heavy atom. The largest absolute Gasteiger partial charge is 0.378 e. The summed E-state index contributed by atoms with van der Waals surface area (Å²) in [6.45, 7) is 11.6. The lowest BCUT2D eigenvalue weighted by molar-refractivity contribution is 0.122. The zero-order chi connectivity index (χ0) is 20.5. The van der Waals surface area contributed by atoms with E-state index in [1.54, 1.807) is 11.3 Å². The third-order valence-electron chi connectivity index (χ3n) is 5.92. The maximum absolute atomic E-state index is 5.46. The average molecular weight is 425 g/mol. The van der Waals surface area contributed by atoms with Crippen LogP contribution in [0.4, 0.5) is 23.1 Å². The molecule has 2 saturated heterocycles. The number of thiophene rings is 1. The van der Waals surface area contributed by atoms with Crippen LogP contribution in [0.1, 0.15) is 10.4 Å². The van der Waals surface area contributed by atoms with Crippen molar-refractivity contribution in [3.8, 4) is 0 Å². The number of fused-ring (bicyclic) bond motifs is 1. The van der Waals surface area contributed by atoms with Crippen LogP contribution >= 0.6 is 11.3 Å². The molecular weight excluding hydrogens is 396 g/mol. The van der Waals surface area contributed by atoms with E-state index in [9.17, 15) is 0 Å². The van der Waals surface area contributed by atoms with Crippen LogP contribution in [0.3, 0.4) is 0 Å². The Bertz CT molecular complexity index is 1020. The molecule has 1 aromatic carbocycles. The lowest BCUT2D eigenvalue weighted by atomic mass is 10.2. The van der Waals surface area contributed by atoms with E-state index in [0.717, 1.165) is 80.2 Å². The van der Waals surface area contributed by atoms with Gasteiger partial charge in [0.25, 0.3) is 0 Å². The molecule has 2 aliphatic heterocycles. The van der Waals surface area contributed by atoms with E-state index in [1.165, 1.54) is 16.1 Å². The Morgan fingerprint density at radius 2 is 1.70 bits per heavy atom. The quantitative estimate of drug-likeness (QED) is 0.666. The predicted molar refractivity (Wildman–Crippen MR) is 125 cm³/mol. The van der Waals surface area contributed by atoms with Gasteiger partial charge >= 0.3 is 0 Å². The molecule has 5 rings (SSSR count). The summed E-state index contributed by atoms with van der Waals surface area (Å²) in [4.78, 5) is 16.9. The molecule has 0 atom stereocenters. The molecule has 8 heteroatoms. The molecule has 3 aromatic rings. The van der Waals surface area contributed by atoms with Crippen molar-refractivity contribution >= 4 is 44.7 Å². The summed E-state index contributed by atoms with van der Waals surface area (Å²) in [6.07, 6.45) is 0. The monoisotopic (exact) mass is 424 g/mol. The van der Waals surface area contributed by atoms with Gasteiger partial charge in [-0.15, -0.1) is 11.3 Å². The first-order chi connectivity index (χ1) is 14.7. The minimum atomic E-state index is 0.796. The molecule has 158 valence electrons. The van der Waals surface area contributed by atoms with Gasteiger partial charge in [0.1, 0.15) is 10.6 Å². The Labute approximate surface area is 181 Å². The Hall–Kier alpha value is -2.42. The lowest BCUT2D eigenvalue weighted by Gasteiger charge is -2.29. The van der Waals surface area contributed by atoms with Crippen LogP contribution in [0.2, 0.25) is 0 Å². The zero-order valence-electron chi connectivity index (χ0n) is 17.6. The van der Waals surface area contributed by atoms with E-state index < -0.39 is 0 Å². The summed E-state index contributed by atoms with van der Waals surface area (Å²) in [5.41, 5.74) is 3.54. The van der Waals surface area contributed by atoms with Crippen LogP contribution in [-0.2, 0) is 4.74 Å². The van der Waals surface area contributed by atoms with Crippen molar-refractivity contribution in [1.82, 2.24) is 15.3 Å². The highest BCUT2D eigenvalue weighted by Gasteiger charge is 2.19. The molecule has 2 N–H and O–H groups in total. The third kappa shape index (κ3) is 3.82. The number of piperazine rings is 1. The average Bonchev–Trinajstić information content (AvgIpc) is 3.09. The molecule has 0 spiro atoms. The predicted octanol–water partition coefficient (Wildman–Crippen LogP) is 3.30. The van der Waals surface area contributed by atoms with E-state index in [4.69, 9.17) is 14.7 Å². The number of ether oxygens (including phenoxy) is 1. The summed E-state index contributed by atoms with van der Waals surface area (Å²) in [5, 5.41) is 8.11. The number of nitrogens with one attached hydrogen (secondary N) is 2. The molecule has 30 heavy (non-hydrogen) atoms. The Balaban J connectivity index is 1.46. The Morgan fingerprint density at radius 3 is 2.43 bits per heavy atom. The molecule has 2 aromatic heterocycles. The van der Waals surface area contributed by atoms with Crippen molar-refractivity contribution < 1.29 is 4.74 Å². The summed E-state index contributed by atoms with van der Waals surface area (Å²) in [7, 11) is 0. The molecule has 0 aliphatic carbocycles. The van der Waals surface area contributed by atoms with Crippen LogP contribution in [-0.4, -0.2) is 62.5 Å². The number of aromatic nitrogens is 2. The van der Waals surface area contributed by atoms with Gasteiger partial charge in [0, 0.05) is 55.5 Å². The number of hydrogen-bond donors (Lipinski definition) is 2. The van der Waals surface area contributed by atoms with E-state index in [1.807, 2.05) is 0 Å². The zero-order valence-corrected chi connectivity index (χ0v) is 18.4. The van der Waals surface area contributed by atoms with Gasteiger partial charge in [0.2, 0.25) is 5.95 Å². The van der Waals surface area contributed by atoms with Crippen molar-refractivity contribution in [3.63, 3.8) is 0 Å². The molecule has 4 heterocycles. The second-order valence-corrected chi connectivity index (χ2v) is 9.05. The fraction of sp³-hybridized carbons (Fsp3) is 0.455. The van der Waals surface area contributed by atoms with E-state index in [2.05, 4.69) is 58.5 Å². The maximum atomic E-state index is 5.46. The molecule has 0 radical (unpaired) electrons. The van der Waals surface area contributed by atoms with Gasteiger partial charge in [-0.2, -0.15) is 4.98 Å². The number of aryl methyl sites for hydroxylation is 2. The van der Waals surface area contributed by atoms with Crippen LogP contribution in [0, 0.1) is 13.8 Å². The third-order valence-corrected chi connectivity index (χ3v) is 7.02. The maximum Gasteiger partial charge on any atom is 0.228 e. The van der Waals surface area contributed by atoms with Gasteiger partial charge in [0.15, 0.2) is 0 Å². The molecule has 0 saturated carbocycles. The second-order valence-electron chi connectivity index (χ2n) is 7.84. The number of morpholine rings is 1. The van der Waals surface area contributed by atoms with E-state index in [-0.39, 0.29) is 0 Å². The molecule has 0 amide bonds. The van der Waals surface area contributed by atoms with Crippen LogP contribution < -0.4 is 20.4 Å². The van der Waals surface area contributed by atoms with Crippen molar-refractivity contribution in [3.05, 3.63) is 34.7 Å². The molecular formula is C22H28N6OS. The highest BCUT2D eigenvalue weighted by atomic mass is 32.1. The van der Waals surface area contributed by atoms with Crippen LogP contribution in [0.25, 0.3) is 10.2 Å². The fourth-order valence-corrected chi connectivity index (χ4v) is 5.07. The smallest absolute Gasteiger partial charge is 0.228 e. The molecule has 7 nitrogen and oxygen atoms in total. The summed E-state index contributed by atoms with van der Waals surface area (Å²) >= 11 is 1.75. The first-order valence-corrected chi connectivity index (χ1v) is 11.4. The first kappa shape index (κ1) is 19.5. The van der Waals surface area contributed by atoms with Gasteiger partial charge in [-0.25, -0.2) is 4.98 Å². The van der Waals surface area contributed by atoms with E-state index >= 15 is 0 Å². The molecule has 2 fully saturated rings. The van der Waals surface area contributed by atoms with Crippen LogP contribution in [0.5, 0.6) is 0 Å². The van der Waals surface area contributed by atoms with Crippen molar-refractivity contribution in [2.24, 2.45) is 0 Å². The number of benzene rings is 1. The standard InChI is InChI=1S/C22H28N6OS/c1-15-16(2)30-21-19(15)20(25-22(26-21)28-9-7-23-8-10-28)24-17-3-5-18(6-4-17)27-11-13-29-14-12-27/h3-6,23H,7-14H2,1-2H3,(H,24,25,26). The van der Waals surface area contributed by atoms with Gasteiger partial charge in [-0.3, -0.25) is 0 Å². The van der Waals surface area contributed by atoms with Gasteiger partial charge in [-0.05, 0) is 43.7 Å². The van der Waals surface area contributed by atoms with E-state index in [0.29, 0.717) is 0 Å². The number of hydrogen-bond acceptors (Lipinski definition) is 8. The lowest BCUT2D eigenvalue weighted by Crippen LogP contribution is -2.44. The summed E-state index contributed by atoms with van der Waals surface area (Å²) in [6, 6.07) is 8.62. The van der Waals surface area contributed by atoms with Gasteiger partial charge in [0.05, 0.1) is 18.6 Å². The Kier molecular flexibility index (Phi) is 5.45. The molecule has 2 aliphatic rings. The number of rotatable bonds is 4. The second kappa shape index (κ2) is 8.37. The molecule has 0 unspecified atom stereocenters. The SMILES string of the molecule is Cc1sc2nc(N3CCNCC3)nc(Nc3ccc(N4CCOCC4)cc3)c2c1C. The van der Waals surface area contributed by atoms with Crippen LogP contribution in [0.15, 0.2) is 24.3 Å². The topological polar surface area (TPSA) is 65.6 Å². The van der Waals surface area contributed by atoms with Crippen molar-refractivity contribution in [2.75, 3.05) is 67.6 Å². The fourth-order valence-electron chi connectivity index (χ4n) is 4.05. The van der Waals surface area contributed by atoms with Crippen molar-refractivity contribution in [2.45, 2.75) is 13.8 Å². The minimum Gasteiger partial charge on any atom is -0.378 e. The first-order valence-electron chi connectivity index (χ1n) is 10.6. The van der Waals surface area contributed by atoms with Gasteiger partial charge in [-0.1, -0.05) is 0 Å². The van der Waals surface area contributed by atoms with Gasteiger partial charge < -0.3 is 25.2 Å². The highest BCUT2D eigenvalue weighted by molar-refractivity contribution is 7.18. The summed E-state index contributed by atoms with van der Waals surface area (Å²) in [5.74, 6) is 1.71. The molecule has 0 bridgehead atoms. The minimum absolute atomic E-state index is 0.796. The highest BCUT2D eigenvalue weighted by Crippen LogP contribution is 2.36.